The molecule has 0 aliphatic carbocycles. The number of thiophene rings is 1. The molecule has 2 heterocycles. The Morgan fingerprint density at radius 3 is 2.43 bits per heavy atom. The summed E-state index contributed by atoms with van der Waals surface area (Å²) >= 11 is 1.57. The minimum atomic E-state index is -0.220. The van der Waals surface area contributed by atoms with Crippen molar-refractivity contribution in [2.75, 3.05) is 0 Å². The maximum Gasteiger partial charge on any atom is 0.253 e. The van der Waals surface area contributed by atoms with Crippen LogP contribution in [0.25, 0.3) is 0 Å². The molecule has 0 bridgehead atoms. The summed E-state index contributed by atoms with van der Waals surface area (Å²) in [6.45, 7) is 2.37. The van der Waals surface area contributed by atoms with Crippen molar-refractivity contribution in [3.63, 3.8) is 0 Å². The van der Waals surface area contributed by atoms with Crippen LogP contribution in [0, 0.1) is 6.92 Å². The number of hydrogen-bond acceptors (Lipinski definition) is 3. The van der Waals surface area contributed by atoms with Gasteiger partial charge in [-0.25, -0.2) is 0 Å². The van der Waals surface area contributed by atoms with E-state index in [1.54, 1.807) is 11.3 Å². The van der Waals surface area contributed by atoms with Crippen molar-refractivity contribution in [1.29, 1.82) is 0 Å². The highest BCUT2D eigenvalue weighted by atomic mass is 32.1. The standard InChI is InChI=1S/C10H9NO2S/c1-7-4-5-14-8(7)6-11-9(12)2-3-10(11)13/h2-5H,6H2,1H3. The van der Waals surface area contributed by atoms with Crippen molar-refractivity contribution >= 4 is 23.2 Å². The zero-order chi connectivity index (χ0) is 10.1. The van der Waals surface area contributed by atoms with E-state index in [-0.39, 0.29) is 11.8 Å². The summed E-state index contributed by atoms with van der Waals surface area (Å²) in [6.07, 6.45) is 2.62. The maximum absolute atomic E-state index is 11.2. The molecule has 1 aliphatic rings. The number of rotatable bonds is 2. The number of carbonyl (C=O) groups excluding carboxylic acids is 2. The predicted octanol–water partition coefficient (Wildman–Crippen LogP) is 1.48. The summed E-state index contributed by atoms with van der Waals surface area (Å²) in [5.41, 5.74) is 1.13. The second-order valence-corrected chi connectivity index (χ2v) is 4.12. The number of amides is 2. The largest absolute Gasteiger partial charge is 0.270 e. The van der Waals surface area contributed by atoms with Gasteiger partial charge in [0, 0.05) is 17.0 Å². The highest BCUT2D eigenvalue weighted by molar-refractivity contribution is 7.10. The normalized spacial score (nSPS) is 15.6. The van der Waals surface area contributed by atoms with Crippen LogP contribution in [-0.2, 0) is 16.1 Å². The highest BCUT2D eigenvalue weighted by Crippen LogP contribution is 2.19. The molecule has 0 spiro atoms. The van der Waals surface area contributed by atoms with Crippen molar-refractivity contribution in [3.8, 4) is 0 Å². The number of aryl methyl sites for hydroxylation is 1. The van der Waals surface area contributed by atoms with Crippen LogP contribution in [0.3, 0.4) is 0 Å². The van der Waals surface area contributed by atoms with Crippen LogP contribution in [0.2, 0.25) is 0 Å². The lowest BCUT2D eigenvalue weighted by molar-refractivity contribution is -0.137. The molecule has 0 unspecified atom stereocenters. The van der Waals surface area contributed by atoms with E-state index in [1.165, 1.54) is 17.1 Å². The molecular weight excluding hydrogens is 198 g/mol. The molecule has 0 fully saturated rings. The van der Waals surface area contributed by atoms with E-state index in [2.05, 4.69) is 0 Å². The first-order chi connectivity index (χ1) is 6.68. The lowest BCUT2D eigenvalue weighted by Gasteiger charge is -2.12. The summed E-state index contributed by atoms with van der Waals surface area (Å²) in [5.74, 6) is -0.439. The molecule has 2 rings (SSSR count). The van der Waals surface area contributed by atoms with Gasteiger partial charge >= 0.3 is 0 Å². The van der Waals surface area contributed by atoms with Crippen LogP contribution in [0.4, 0.5) is 0 Å². The van der Waals surface area contributed by atoms with Gasteiger partial charge in [0.2, 0.25) is 0 Å². The summed E-state index contributed by atoms with van der Waals surface area (Å²) in [5, 5.41) is 1.96. The van der Waals surface area contributed by atoms with Crippen LogP contribution in [0.1, 0.15) is 10.4 Å². The molecule has 3 nitrogen and oxygen atoms in total. The predicted molar refractivity (Wildman–Crippen MR) is 53.8 cm³/mol. The SMILES string of the molecule is Cc1ccsc1CN1C(=O)C=CC1=O. The molecule has 14 heavy (non-hydrogen) atoms. The first-order valence-corrected chi connectivity index (χ1v) is 5.13. The van der Waals surface area contributed by atoms with Crippen molar-refractivity contribution in [1.82, 2.24) is 4.90 Å². The molecule has 4 heteroatoms. The van der Waals surface area contributed by atoms with Gasteiger partial charge in [0.15, 0.2) is 0 Å². The van der Waals surface area contributed by atoms with Crippen molar-refractivity contribution in [3.05, 3.63) is 34.0 Å². The van der Waals surface area contributed by atoms with Gasteiger partial charge in [-0.1, -0.05) is 0 Å². The molecule has 0 atom stereocenters. The van der Waals surface area contributed by atoms with E-state index >= 15 is 0 Å². The fraction of sp³-hybridized carbons (Fsp3) is 0.200. The maximum atomic E-state index is 11.2. The minimum Gasteiger partial charge on any atom is -0.270 e. The topological polar surface area (TPSA) is 37.4 Å². The zero-order valence-corrected chi connectivity index (χ0v) is 8.50. The van der Waals surface area contributed by atoms with Gasteiger partial charge in [0.25, 0.3) is 11.8 Å². The Morgan fingerprint density at radius 2 is 1.93 bits per heavy atom. The Kier molecular flexibility index (Phi) is 2.21. The Hall–Kier alpha value is -1.42. The van der Waals surface area contributed by atoms with Crippen LogP contribution in [0.5, 0.6) is 0 Å². The van der Waals surface area contributed by atoms with E-state index in [9.17, 15) is 9.59 Å². The third kappa shape index (κ3) is 1.48. The van der Waals surface area contributed by atoms with E-state index in [4.69, 9.17) is 0 Å². The van der Waals surface area contributed by atoms with Gasteiger partial charge in [-0.3, -0.25) is 14.5 Å². The van der Waals surface area contributed by atoms with Gasteiger partial charge in [0.05, 0.1) is 6.54 Å². The highest BCUT2D eigenvalue weighted by Gasteiger charge is 2.23. The van der Waals surface area contributed by atoms with Crippen LogP contribution >= 0.6 is 11.3 Å². The van der Waals surface area contributed by atoms with E-state index < -0.39 is 0 Å². The van der Waals surface area contributed by atoms with Gasteiger partial charge in [-0.2, -0.15) is 0 Å². The Bertz CT molecular complexity index is 402. The molecule has 0 radical (unpaired) electrons. The summed E-state index contributed by atoms with van der Waals surface area (Å²) in [6, 6.07) is 1.98. The van der Waals surface area contributed by atoms with Crippen LogP contribution in [0.15, 0.2) is 23.6 Å². The minimum absolute atomic E-state index is 0.220. The Labute approximate surface area is 85.6 Å². The van der Waals surface area contributed by atoms with Crippen LogP contribution < -0.4 is 0 Å². The smallest absolute Gasteiger partial charge is 0.253 e. The first kappa shape index (κ1) is 9.15. The second-order valence-electron chi connectivity index (χ2n) is 3.12. The fourth-order valence-electron chi connectivity index (χ4n) is 1.30. The molecule has 1 aromatic heterocycles. The van der Waals surface area contributed by atoms with Crippen molar-refractivity contribution in [2.24, 2.45) is 0 Å². The number of nitrogens with zero attached hydrogens (tertiary/aromatic N) is 1. The van der Waals surface area contributed by atoms with Crippen molar-refractivity contribution < 1.29 is 9.59 Å². The van der Waals surface area contributed by atoms with E-state index in [0.29, 0.717) is 6.54 Å². The molecular formula is C10H9NO2S. The first-order valence-electron chi connectivity index (χ1n) is 4.25. The number of imide groups is 1. The van der Waals surface area contributed by atoms with Crippen LogP contribution in [-0.4, -0.2) is 16.7 Å². The Balaban J connectivity index is 2.16. The molecule has 0 aromatic carbocycles. The molecule has 0 N–H and O–H groups in total. The fourth-order valence-corrected chi connectivity index (χ4v) is 2.19. The number of hydrogen-bond donors (Lipinski definition) is 0. The lowest BCUT2D eigenvalue weighted by Crippen LogP contribution is -2.29. The molecule has 1 aromatic rings. The summed E-state index contributed by atoms with van der Waals surface area (Å²) in [7, 11) is 0. The van der Waals surface area contributed by atoms with E-state index in [1.807, 2.05) is 18.4 Å². The monoisotopic (exact) mass is 207 g/mol. The van der Waals surface area contributed by atoms with Crippen molar-refractivity contribution in [2.45, 2.75) is 13.5 Å². The molecule has 1 aliphatic heterocycles. The quantitative estimate of drug-likeness (QED) is 0.689. The third-order valence-corrected chi connectivity index (χ3v) is 3.18. The summed E-state index contributed by atoms with van der Waals surface area (Å²) < 4.78 is 0. The van der Waals surface area contributed by atoms with Gasteiger partial charge in [-0.05, 0) is 23.9 Å². The number of carbonyl (C=O) groups is 2. The van der Waals surface area contributed by atoms with Gasteiger partial charge in [-0.15, -0.1) is 11.3 Å². The van der Waals surface area contributed by atoms with E-state index in [0.717, 1.165) is 10.4 Å². The van der Waals surface area contributed by atoms with Gasteiger partial charge < -0.3 is 0 Å². The second kappa shape index (κ2) is 3.38. The molecule has 0 saturated heterocycles. The van der Waals surface area contributed by atoms with Gasteiger partial charge in [0.1, 0.15) is 0 Å². The Morgan fingerprint density at radius 1 is 1.29 bits per heavy atom. The lowest BCUT2D eigenvalue weighted by atomic mass is 10.3. The third-order valence-electron chi connectivity index (χ3n) is 2.17. The molecule has 0 saturated carbocycles. The average molecular weight is 207 g/mol. The molecule has 2 amide bonds. The average Bonchev–Trinajstić information content (AvgIpc) is 2.67. The zero-order valence-electron chi connectivity index (χ0n) is 7.69. The summed E-state index contributed by atoms with van der Waals surface area (Å²) in [4.78, 5) is 24.8. The molecule has 72 valence electrons.